The van der Waals surface area contributed by atoms with Gasteiger partial charge in [0.25, 0.3) is 0 Å². The van der Waals surface area contributed by atoms with Gasteiger partial charge in [-0.2, -0.15) is 4.98 Å². The van der Waals surface area contributed by atoms with Crippen molar-refractivity contribution in [2.24, 2.45) is 0 Å². The second-order valence-electron chi connectivity index (χ2n) is 3.47. The minimum atomic E-state index is -0.129. The van der Waals surface area contributed by atoms with Crippen LogP contribution in [0, 0.1) is 0 Å². The lowest BCUT2D eigenvalue weighted by molar-refractivity contribution is -0.114. The van der Waals surface area contributed by atoms with Crippen LogP contribution in [0.3, 0.4) is 0 Å². The fraction of sp³-hybridized carbons (Fsp3) is 0.0909. The molecule has 0 saturated heterocycles. The minimum absolute atomic E-state index is 0.116. The van der Waals surface area contributed by atoms with Crippen molar-refractivity contribution in [1.29, 1.82) is 0 Å². The Balaban J connectivity index is 2.16. The third-order valence-corrected chi connectivity index (χ3v) is 2.16. The number of rotatable bonds is 3. The van der Waals surface area contributed by atoms with E-state index in [1.165, 1.54) is 13.3 Å². The van der Waals surface area contributed by atoms with Gasteiger partial charge >= 0.3 is 0 Å². The van der Waals surface area contributed by atoms with Gasteiger partial charge in [0.2, 0.25) is 17.1 Å². The number of anilines is 3. The van der Waals surface area contributed by atoms with Gasteiger partial charge in [0.1, 0.15) is 6.33 Å². The molecule has 18 heavy (non-hydrogen) atoms. The van der Waals surface area contributed by atoms with Gasteiger partial charge in [0, 0.05) is 18.3 Å². The van der Waals surface area contributed by atoms with E-state index in [4.69, 9.17) is 11.6 Å². The molecule has 7 heteroatoms. The molecule has 0 atom stereocenters. The fourth-order valence-electron chi connectivity index (χ4n) is 1.34. The van der Waals surface area contributed by atoms with E-state index in [1.54, 1.807) is 18.2 Å². The van der Waals surface area contributed by atoms with E-state index in [0.29, 0.717) is 11.6 Å². The van der Waals surface area contributed by atoms with Crippen molar-refractivity contribution in [3.05, 3.63) is 35.9 Å². The predicted octanol–water partition coefficient (Wildman–Crippen LogP) is 2.23. The topological polar surface area (TPSA) is 79.8 Å². The van der Waals surface area contributed by atoms with E-state index >= 15 is 0 Å². The number of amides is 1. The lowest BCUT2D eigenvalue weighted by Crippen LogP contribution is -2.06. The lowest BCUT2D eigenvalue weighted by Gasteiger charge is -2.07. The van der Waals surface area contributed by atoms with Crippen LogP contribution < -0.4 is 10.6 Å². The van der Waals surface area contributed by atoms with Gasteiger partial charge in [-0.1, -0.05) is 6.07 Å². The molecule has 2 aromatic rings. The second kappa shape index (κ2) is 5.42. The summed E-state index contributed by atoms with van der Waals surface area (Å²) >= 11 is 5.65. The van der Waals surface area contributed by atoms with Gasteiger partial charge in [-0.05, 0) is 29.8 Å². The highest BCUT2D eigenvalue weighted by Gasteiger charge is 2.01. The molecular formula is C11H10ClN5O. The average Bonchev–Trinajstić information content (AvgIpc) is 2.28. The van der Waals surface area contributed by atoms with Crippen LogP contribution in [-0.4, -0.2) is 20.9 Å². The number of hydrogen-bond acceptors (Lipinski definition) is 5. The molecule has 6 nitrogen and oxygen atoms in total. The molecule has 1 aromatic carbocycles. The molecule has 1 amide bonds. The Kier molecular flexibility index (Phi) is 3.69. The molecule has 0 aliphatic heterocycles. The molecule has 0 aliphatic carbocycles. The van der Waals surface area contributed by atoms with Crippen LogP contribution >= 0.6 is 11.6 Å². The van der Waals surface area contributed by atoms with Crippen molar-refractivity contribution in [2.45, 2.75) is 6.92 Å². The highest BCUT2D eigenvalue weighted by Crippen LogP contribution is 2.18. The van der Waals surface area contributed by atoms with Gasteiger partial charge < -0.3 is 10.6 Å². The summed E-state index contributed by atoms with van der Waals surface area (Å²) in [6.45, 7) is 1.45. The van der Waals surface area contributed by atoms with E-state index in [2.05, 4.69) is 25.6 Å². The Bertz CT molecular complexity index is 575. The molecule has 0 saturated carbocycles. The summed E-state index contributed by atoms with van der Waals surface area (Å²) in [7, 11) is 0. The molecular weight excluding hydrogens is 254 g/mol. The summed E-state index contributed by atoms with van der Waals surface area (Å²) in [6, 6.07) is 7.17. The Morgan fingerprint density at radius 3 is 2.78 bits per heavy atom. The van der Waals surface area contributed by atoms with Crippen molar-refractivity contribution >= 4 is 34.8 Å². The van der Waals surface area contributed by atoms with Crippen molar-refractivity contribution in [2.75, 3.05) is 10.6 Å². The molecule has 0 fully saturated rings. The van der Waals surface area contributed by atoms with Crippen molar-refractivity contribution in [3.63, 3.8) is 0 Å². The van der Waals surface area contributed by atoms with Crippen molar-refractivity contribution in [1.82, 2.24) is 15.0 Å². The SMILES string of the molecule is CC(=O)Nc1cccc(Nc2ncnc(Cl)n2)c1. The van der Waals surface area contributed by atoms with Crippen LogP contribution in [-0.2, 0) is 4.79 Å². The van der Waals surface area contributed by atoms with Gasteiger partial charge in [-0.3, -0.25) is 4.79 Å². The summed E-state index contributed by atoms with van der Waals surface area (Å²) in [5.41, 5.74) is 1.43. The Hall–Kier alpha value is -2.21. The Labute approximate surface area is 108 Å². The first-order valence-electron chi connectivity index (χ1n) is 5.13. The summed E-state index contributed by atoms with van der Waals surface area (Å²) in [6.07, 6.45) is 1.31. The van der Waals surface area contributed by atoms with Crippen LogP contribution in [0.15, 0.2) is 30.6 Å². The number of benzene rings is 1. The Morgan fingerprint density at radius 1 is 1.28 bits per heavy atom. The summed E-state index contributed by atoms with van der Waals surface area (Å²) in [5, 5.41) is 5.76. The number of hydrogen-bond donors (Lipinski definition) is 2. The van der Waals surface area contributed by atoms with Crippen LogP contribution in [0.25, 0.3) is 0 Å². The molecule has 92 valence electrons. The first kappa shape index (κ1) is 12.3. The zero-order valence-electron chi connectivity index (χ0n) is 9.51. The van der Waals surface area contributed by atoms with Gasteiger partial charge in [0.05, 0.1) is 0 Å². The van der Waals surface area contributed by atoms with Crippen molar-refractivity contribution < 1.29 is 4.79 Å². The largest absolute Gasteiger partial charge is 0.326 e. The quantitative estimate of drug-likeness (QED) is 0.888. The molecule has 1 heterocycles. The maximum atomic E-state index is 10.9. The van der Waals surface area contributed by atoms with E-state index < -0.39 is 0 Å². The van der Waals surface area contributed by atoms with E-state index in [0.717, 1.165) is 5.69 Å². The van der Waals surface area contributed by atoms with Crippen molar-refractivity contribution in [3.8, 4) is 0 Å². The maximum Gasteiger partial charge on any atom is 0.231 e. The summed E-state index contributed by atoms with van der Waals surface area (Å²) < 4.78 is 0. The number of aromatic nitrogens is 3. The minimum Gasteiger partial charge on any atom is -0.326 e. The number of nitrogens with one attached hydrogen (secondary N) is 2. The maximum absolute atomic E-state index is 10.9. The summed E-state index contributed by atoms with van der Waals surface area (Å²) in [4.78, 5) is 22.5. The average molecular weight is 264 g/mol. The fourth-order valence-corrected chi connectivity index (χ4v) is 1.47. The first-order chi connectivity index (χ1) is 8.63. The highest BCUT2D eigenvalue weighted by atomic mass is 35.5. The van der Waals surface area contributed by atoms with Crippen LogP contribution in [0.1, 0.15) is 6.92 Å². The zero-order valence-corrected chi connectivity index (χ0v) is 10.3. The monoisotopic (exact) mass is 263 g/mol. The predicted molar refractivity (Wildman–Crippen MR) is 68.9 cm³/mol. The van der Waals surface area contributed by atoms with Crippen LogP contribution in [0.5, 0.6) is 0 Å². The van der Waals surface area contributed by atoms with Gasteiger partial charge in [-0.25, -0.2) is 9.97 Å². The number of nitrogens with zero attached hydrogens (tertiary/aromatic N) is 3. The second-order valence-corrected chi connectivity index (χ2v) is 3.80. The third kappa shape index (κ3) is 3.39. The Morgan fingerprint density at radius 2 is 2.06 bits per heavy atom. The molecule has 0 unspecified atom stereocenters. The normalized spacial score (nSPS) is 9.89. The lowest BCUT2D eigenvalue weighted by atomic mass is 10.3. The molecule has 0 aliphatic rings. The highest BCUT2D eigenvalue weighted by molar-refractivity contribution is 6.28. The molecule has 0 spiro atoms. The number of carbonyl (C=O) groups excluding carboxylic acids is 1. The smallest absolute Gasteiger partial charge is 0.231 e. The van der Waals surface area contributed by atoms with E-state index in [1.807, 2.05) is 6.07 Å². The van der Waals surface area contributed by atoms with E-state index in [9.17, 15) is 4.79 Å². The van der Waals surface area contributed by atoms with Crippen LogP contribution in [0.4, 0.5) is 17.3 Å². The summed E-state index contributed by atoms with van der Waals surface area (Å²) in [5.74, 6) is 0.213. The molecule has 2 rings (SSSR count). The molecule has 0 radical (unpaired) electrons. The molecule has 0 bridgehead atoms. The van der Waals surface area contributed by atoms with E-state index in [-0.39, 0.29) is 11.2 Å². The molecule has 1 aromatic heterocycles. The first-order valence-corrected chi connectivity index (χ1v) is 5.50. The third-order valence-electron chi connectivity index (χ3n) is 1.98. The number of halogens is 1. The van der Waals surface area contributed by atoms with Gasteiger partial charge in [0.15, 0.2) is 0 Å². The van der Waals surface area contributed by atoms with Crippen LogP contribution in [0.2, 0.25) is 5.28 Å². The number of carbonyl (C=O) groups is 1. The standard InChI is InChI=1S/C11H10ClN5O/c1-7(18)15-8-3-2-4-9(5-8)16-11-14-6-13-10(12)17-11/h2-6H,1H3,(H,15,18)(H,13,14,16,17). The zero-order chi connectivity index (χ0) is 13.0. The molecule has 2 N–H and O–H groups in total. The van der Waals surface area contributed by atoms with Gasteiger partial charge in [-0.15, -0.1) is 0 Å².